The number of ether oxygens (including phenoxy) is 1. The van der Waals surface area contributed by atoms with E-state index in [-0.39, 0.29) is 11.9 Å². The van der Waals surface area contributed by atoms with Gasteiger partial charge in [-0.15, -0.1) is 0 Å². The molecule has 0 bridgehead atoms. The Morgan fingerprint density at radius 1 is 1.03 bits per heavy atom. The molecule has 1 saturated carbocycles. The third kappa shape index (κ3) is 3.52. The Morgan fingerprint density at radius 3 is 2.73 bits per heavy atom. The van der Waals surface area contributed by atoms with E-state index in [1.54, 1.807) is 12.7 Å². The number of fused-ring (bicyclic) bond motifs is 3. The Hall–Kier alpha value is -4.72. The third-order valence-corrected chi connectivity index (χ3v) is 7.29. The maximum atomic E-state index is 12.7. The molecule has 1 amide bonds. The topological polar surface area (TPSA) is 85.2 Å². The van der Waals surface area contributed by atoms with Crippen LogP contribution in [0.1, 0.15) is 12.0 Å². The average Bonchev–Trinajstić information content (AvgIpc) is 3.53. The average molecular weight is 489 g/mol. The molecule has 37 heavy (non-hydrogen) atoms. The molecule has 1 aliphatic heterocycles. The van der Waals surface area contributed by atoms with E-state index >= 15 is 0 Å². The number of piperidine rings is 1. The van der Waals surface area contributed by atoms with E-state index in [9.17, 15) is 4.79 Å². The van der Waals surface area contributed by atoms with Gasteiger partial charge >= 0.3 is 0 Å². The first-order valence-electron chi connectivity index (χ1n) is 12.2. The number of nitrogens with zero attached hydrogens (tertiary/aromatic N) is 5. The smallest absolute Gasteiger partial charge is 0.254 e. The first-order valence-corrected chi connectivity index (χ1v) is 12.2. The van der Waals surface area contributed by atoms with Gasteiger partial charge < -0.3 is 19.5 Å². The van der Waals surface area contributed by atoms with Crippen LogP contribution in [0.15, 0.2) is 79.4 Å². The van der Waals surface area contributed by atoms with E-state index in [4.69, 9.17) is 4.74 Å². The van der Waals surface area contributed by atoms with Crippen LogP contribution in [0.3, 0.4) is 0 Å². The van der Waals surface area contributed by atoms with Crippen molar-refractivity contribution in [2.75, 3.05) is 10.2 Å². The minimum atomic E-state index is 0.0142. The molecule has 1 saturated heterocycles. The number of hydrogen-bond donors (Lipinski definition) is 1. The van der Waals surface area contributed by atoms with Gasteiger partial charge in [0.2, 0.25) is 0 Å². The largest absolute Gasteiger partial charge is 0.457 e. The van der Waals surface area contributed by atoms with E-state index in [2.05, 4.69) is 26.8 Å². The number of hydrogen-bond acceptors (Lipinski definition) is 6. The van der Waals surface area contributed by atoms with Gasteiger partial charge in [0.25, 0.3) is 5.91 Å². The van der Waals surface area contributed by atoms with Crippen LogP contribution in [-0.4, -0.2) is 31.5 Å². The summed E-state index contributed by atoms with van der Waals surface area (Å²) in [6, 6.07) is 17.9. The second-order valence-electron chi connectivity index (χ2n) is 9.75. The standard InChI is InChI=1S/C29H24N6O2/c1-16-10-18(4-9-27(16)37-20-6-8-25-24(12-20)32-15-34(25)3)33-28-22-11-19(5-7-23(22)30-14-31-28)35-26-13-21(26)17(2)29(35)36/h4-12,14-15,21,26H,2,13H2,1,3H3,(H,30,31,33)/t21-,26-/m1/s1. The van der Waals surface area contributed by atoms with Gasteiger partial charge in [-0.1, -0.05) is 6.58 Å². The minimum Gasteiger partial charge on any atom is -0.457 e. The number of imidazole rings is 1. The van der Waals surface area contributed by atoms with Crippen LogP contribution in [0.4, 0.5) is 17.2 Å². The van der Waals surface area contributed by atoms with Gasteiger partial charge in [0.1, 0.15) is 23.6 Å². The molecular weight excluding hydrogens is 464 g/mol. The monoisotopic (exact) mass is 488 g/mol. The van der Waals surface area contributed by atoms with Crippen molar-refractivity contribution in [2.24, 2.45) is 13.0 Å². The minimum absolute atomic E-state index is 0.0142. The lowest BCUT2D eigenvalue weighted by atomic mass is 10.1. The molecule has 2 atom stereocenters. The summed E-state index contributed by atoms with van der Waals surface area (Å²) in [5.74, 6) is 2.49. The zero-order chi connectivity index (χ0) is 25.3. The molecule has 0 radical (unpaired) electrons. The molecule has 0 spiro atoms. The summed E-state index contributed by atoms with van der Waals surface area (Å²) >= 11 is 0. The predicted octanol–water partition coefficient (Wildman–Crippen LogP) is 5.65. The molecule has 8 heteroatoms. The van der Waals surface area contributed by atoms with E-state index in [0.29, 0.717) is 17.3 Å². The summed E-state index contributed by atoms with van der Waals surface area (Å²) in [4.78, 5) is 27.9. The molecule has 0 unspecified atom stereocenters. The number of anilines is 3. The van der Waals surface area contributed by atoms with Crippen molar-refractivity contribution in [3.05, 3.63) is 85.0 Å². The lowest BCUT2D eigenvalue weighted by Gasteiger charge is -2.19. The van der Waals surface area contributed by atoms with E-state index < -0.39 is 0 Å². The number of carbonyl (C=O) groups is 1. The maximum Gasteiger partial charge on any atom is 0.254 e. The van der Waals surface area contributed by atoms with Crippen molar-refractivity contribution in [1.82, 2.24) is 19.5 Å². The summed E-state index contributed by atoms with van der Waals surface area (Å²) in [6.07, 6.45) is 4.33. The molecule has 3 heterocycles. The van der Waals surface area contributed by atoms with Gasteiger partial charge in [-0.25, -0.2) is 15.0 Å². The van der Waals surface area contributed by atoms with Crippen LogP contribution in [0.2, 0.25) is 0 Å². The number of benzene rings is 3. The fourth-order valence-corrected chi connectivity index (χ4v) is 5.19. The van der Waals surface area contributed by atoms with Crippen molar-refractivity contribution in [3.63, 3.8) is 0 Å². The summed E-state index contributed by atoms with van der Waals surface area (Å²) in [7, 11) is 1.97. The number of aromatic nitrogens is 4. The lowest BCUT2D eigenvalue weighted by Crippen LogP contribution is -2.28. The number of amides is 1. The number of carbonyl (C=O) groups excluding carboxylic acids is 1. The lowest BCUT2D eigenvalue weighted by molar-refractivity contribution is -0.114. The molecule has 2 aliphatic rings. The van der Waals surface area contributed by atoms with E-state index in [0.717, 1.165) is 56.8 Å². The maximum absolute atomic E-state index is 12.7. The van der Waals surface area contributed by atoms with Crippen LogP contribution < -0.4 is 15.0 Å². The summed E-state index contributed by atoms with van der Waals surface area (Å²) in [5, 5.41) is 4.28. The molecule has 182 valence electrons. The molecule has 2 fully saturated rings. The predicted molar refractivity (Wildman–Crippen MR) is 143 cm³/mol. The van der Waals surface area contributed by atoms with Gasteiger partial charge in [0.05, 0.1) is 22.9 Å². The van der Waals surface area contributed by atoms with Gasteiger partial charge in [-0.2, -0.15) is 0 Å². The normalized spacial score (nSPS) is 18.5. The van der Waals surface area contributed by atoms with Gasteiger partial charge in [-0.05, 0) is 67.4 Å². The SMILES string of the molecule is C=C1C(=O)N(c2ccc3ncnc(Nc4ccc(Oc5ccc6c(c5)ncn6C)c(C)c4)c3c2)[C@@H]2C[C@H]12. The fraction of sp³-hybridized carbons (Fsp3) is 0.172. The van der Waals surface area contributed by atoms with Crippen molar-refractivity contribution in [2.45, 2.75) is 19.4 Å². The van der Waals surface area contributed by atoms with Crippen molar-refractivity contribution in [1.29, 1.82) is 0 Å². The molecule has 8 nitrogen and oxygen atoms in total. The Bertz CT molecular complexity index is 1760. The molecule has 1 N–H and O–H groups in total. The first kappa shape index (κ1) is 21.6. The molecule has 1 aliphatic carbocycles. The summed E-state index contributed by atoms with van der Waals surface area (Å²) in [5.41, 5.74) is 6.18. The quantitative estimate of drug-likeness (QED) is 0.322. The van der Waals surface area contributed by atoms with Gasteiger partial charge in [-0.3, -0.25) is 4.79 Å². The Balaban J connectivity index is 1.16. The van der Waals surface area contributed by atoms with E-state index in [1.165, 1.54) is 0 Å². The Morgan fingerprint density at radius 2 is 1.92 bits per heavy atom. The number of nitrogens with one attached hydrogen (secondary N) is 1. The molecule has 5 aromatic rings. The number of aryl methyl sites for hydroxylation is 2. The fourth-order valence-electron chi connectivity index (χ4n) is 5.19. The highest BCUT2D eigenvalue weighted by Gasteiger charge is 2.54. The highest BCUT2D eigenvalue weighted by Crippen LogP contribution is 2.50. The summed E-state index contributed by atoms with van der Waals surface area (Å²) in [6.45, 7) is 5.99. The molecule has 3 aromatic carbocycles. The van der Waals surface area contributed by atoms with Crippen LogP contribution >= 0.6 is 0 Å². The van der Waals surface area contributed by atoms with E-state index in [1.807, 2.05) is 78.0 Å². The van der Waals surface area contributed by atoms with Crippen molar-refractivity contribution < 1.29 is 9.53 Å². The van der Waals surface area contributed by atoms with Gasteiger partial charge in [0.15, 0.2) is 0 Å². The van der Waals surface area contributed by atoms with Crippen LogP contribution in [0.5, 0.6) is 11.5 Å². The van der Waals surface area contributed by atoms with Crippen LogP contribution in [-0.2, 0) is 11.8 Å². The highest BCUT2D eigenvalue weighted by atomic mass is 16.5. The second kappa shape index (κ2) is 7.89. The number of rotatable bonds is 5. The zero-order valence-electron chi connectivity index (χ0n) is 20.5. The Labute approximate surface area is 213 Å². The molecule has 2 aromatic heterocycles. The third-order valence-electron chi connectivity index (χ3n) is 7.29. The molecular formula is C29H24N6O2. The van der Waals surface area contributed by atoms with Crippen molar-refractivity contribution in [3.8, 4) is 11.5 Å². The van der Waals surface area contributed by atoms with Crippen LogP contribution in [0, 0.1) is 12.8 Å². The van der Waals surface area contributed by atoms with Gasteiger partial charge in [0, 0.05) is 47.4 Å². The zero-order valence-corrected chi connectivity index (χ0v) is 20.5. The Kier molecular flexibility index (Phi) is 4.60. The summed E-state index contributed by atoms with van der Waals surface area (Å²) < 4.78 is 8.14. The van der Waals surface area contributed by atoms with Crippen LogP contribution in [0.25, 0.3) is 21.9 Å². The highest BCUT2D eigenvalue weighted by molar-refractivity contribution is 6.11. The van der Waals surface area contributed by atoms with Crippen molar-refractivity contribution >= 4 is 45.0 Å². The first-order chi connectivity index (χ1) is 18.0. The molecule has 7 rings (SSSR count). The second-order valence-corrected chi connectivity index (χ2v) is 9.75.